The molecular formula is C19H23N3O3S. The van der Waals surface area contributed by atoms with E-state index in [1.807, 2.05) is 30.5 Å². The normalized spacial score (nSPS) is 19.6. The van der Waals surface area contributed by atoms with Crippen LogP contribution in [0.1, 0.15) is 46.0 Å². The minimum Gasteiger partial charge on any atom is -0.466 e. The summed E-state index contributed by atoms with van der Waals surface area (Å²) in [4.78, 5) is 27.3. The lowest BCUT2D eigenvalue weighted by atomic mass is 10.1. The molecule has 7 heteroatoms. The molecule has 4 heterocycles. The van der Waals surface area contributed by atoms with E-state index in [2.05, 4.69) is 5.10 Å². The number of furan rings is 1. The number of carbonyl (C=O) groups excluding carboxylic acids is 1. The van der Waals surface area contributed by atoms with Crippen molar-refractivity contribution in [3.63, 3.8) is 0 Å². The number of thioether (sulfide) groups is 1. The molecule has 1 unspecified atom stereocenters. The monoisotopic (exact) mass is 373 g/mol. The van der Waals surface area contributed by atoms with Gasteiger partial charge in [-0.3, -0.25) is 9.59 Å². The van der Waals surface area contributed by atoms with Crippen LogP contribution in [0, 0.1) is 13.8 Å². The van der Waals surface area contributed by atoms with Crippen LogP contribution in [0.4, 0.5) is 0 Å². The Bertz CT molecular complexity index is 902. The molecule has 6 nitrogen and oxygen atoms in total. The lowest BCUT2D eigenvalue weighted by Crippen LogP contribution is -2.41. The summed E-state index contributed by atoms with van der Waals surface area (Å²) in [5.74, 6) is 3.30. The molecule has 26 heavy (non-hydrogen) atoms. The quantitative estimate of drug-likeness (QED) is 0.827. The van der Waals surface area contributed by atoms with Crippen LogP contribution in [0.5, 0.6) is 0 Å². The number of fused-ring (bicyclic) bond motifs is 1. The molecule has 1 atom stereocenters. The van der Waals surface area contributed by atoms with Gasteiger partial charge in [0.25, 0.3) is 11.5 Å². The maximum atomic E-state index is 13.0. The lowest BCUT2D eigenvalue weighted by molar-refractivity contribution is 0.0718. The van der Waals surface area contributed by atoms with Gasteiger partial charge >= 0.3 is 0 Å². The van der Waals surface area contributed by atoms with Crippen LogP contribution in [-0.2, 0) is 18.7 Å². The van der Waals surface area contributed by atoms with Crippen molar-refractivity contribution in [2.45, 2.75) is 51.4 Å². The SMILES string of the molecule is Cc1cc(C(=O)N2CCCC2Cn2nc3c(cc2=O)CSCC3)c(C)o1. The largest absolute Gasteiger partial charge is 0.466 e. The van der Waals surface area contributed by atoms with E-state index in [9.17, 15) is 9.59 Å². The second-order valence-corrected chi connectivity index (χ2v) is 8.17. The molecule has 0 saturated carbocycles. The predicted octanol–water partition coefficient (Wildman–Crippen LogP) is 2.55. The summed E-state index contributed by atoms with van der Waals surface area (Å²) in [6, 6.07) is 3.52. The molecule has 138 valence electrons. The van der Waals surface area contributed by atoms with Crippen LogP contribution in [0.3, 0.4) is 0 Å². The van der Waals surface area contributed by atoms with Crippen LogP contribution < -0.4 is 5.56 Å². The van der Waals surface area contributed by atoms with Gasteiger partial charge in [-0.25, -0.2) is 4.68 Å². The molecule has 0 aromatic carbocycles. The number of hydrogen-bond donors (Lipinski definition) is 0. The first-order valence-electron chi connectivity index (χ1n) is 9.08. The van der Waals surface area contributed by atoms with Gasteiger partial charge in [0.2, 0.25) is 0 Å². The molecular weight excluding hydrogens is 350 g/mol. The zero-order valence-electron chi connectivity index (χ0n) is 15.2. The molecule has 0 spiro atoms. The van der Waals surface area contributed by atoms with Crippen molar-refractivity contribution in [2.24, 2.45) is 0 Å². The van der Waals surface area contributed by atoms with Gasteiger partial charge in [-0.05, 0) is 44.1 Å². The highest BCUT2D eigenvalue weighted by atomic mass is 32.2. The van der Waals surface area contributed by atoms with Crippen molar-refractivity contribution in [1.29, 1.82) is 0 Å². The van der Waals surface area contributed by atoms with Crippen molar-refractivity contribution in [1.82, 2.24) is 14.7 Å². The Hall–Kier alpha value is -2.02. The van der Waals surface area contributed by atoms with Crippen LogP contribution in [-0.4, -0.2) is 38.9 Å². The van der Waals surface area contributed by atoms with E-state index >= 15 is 0 Å². The highest BCUT2D eigenvalue weighted by Crippen LogP contribution is 2.25. The first kappa shape index (κ1) is 17.4. The molecule has 1 fully saturated rings. The average Bonchev–Trinajstić information content (AvgIpc) is 3.21. The minimum absolute atomic E-state index is 0.00155. The smallest absolute Gasteiger partial charge is 0.267 e. The Labute approximate surface area is 156 Å². The highest BCUT2D eigenvalue weighted by Gasteiger charge is 2.32. The van der Waals surface area contributed by atoms with E-state index < -0.39 is 0 Å². The topological polar surface area (TPSA) is 68.3 Å². The van der Waals surface area contributed by atoms with Crippen LogP contribution in [0.15, 0.2) is 21.3 Å². The third kappa shape index (κ3) is 3.20. The van der Waals surface area contributed by atoms with Crippen molar-refractivity contribution in [3.05, 3.63) is 50.8 Å². The van der Waals surface area contributed by atoms with Gasteiger partial charge in [0.05, 0.1) is 23.8 Å². The summed E-state index contributed by atoms with van der Waals surface area (Å²) in [6.07, 6.45) is 2.74. The molecule has 2 aromatic rings. The number of likely N-dealkylation sites (tertiary alicyclic amines) is 1. The van der Waals surface area contributed by atoms with Gasteiger partial charge in [0.1, 0.15) is 11.5 Å². The van der Waals surface area contributed by atoms with E-state index in [0.717, 1.165) is 47.8 Å². The molecule has 0 aliphatic carbocycles. The maximum absolute atomic E-state index is 13.0. The first-order valence-corrected chi connectivity index (χ1v) is 10.2. The molecule has 2 aliphatic rings. The van der Waals surface area contributed by atoms with Crippen molar-refractivity contribution in [3.8, 4) is 0 Å². The highest BCUT2D eigenvalue weighted by molar-refractivity contribution is 7.98. The Morgan fingerprint density at radius 1 is 1.38 bits per heavy atom. The number of amides is 1. The number of aromatic nitrogens is 2. The van der Waals surface area contributed by atoms with Gasteiger partial charge in [0.15, 0.2) is 0 Å². The van der Waals surface area contributed by atoms with Crippen molar-refractivity contribution in [2.75, 3.05) is 12.3 Å². The van der Waals surface area contributed by atoms with E-state index in [4.69, 9.17) is 4.42 Å². The Morgan fingerprint density at radius 3 is 3.00 bits per heavy atom. The second kappa shape index (κ2) is 6.95. The Kier molecular flexibility index (Phi) is 4.65. The average molecular weight is 373 g/mol. The maximum Gasteiger partial charge on any atom is 0.267 e. The molecule has 4 rings (SSSR count). The summed E-state index contributed by atoms with van der Waals surface area (Å²) in [5.41, 5.74) is 2.64. The van der Waals surface area contributed by atoms with E-state index in [0.29, 0.717) is 24.4 Å². The third-order valence-electron chi connectivity index (χ3n) is 5.20. The van der Waals surface area contributed by atoms with E-state index in [-0.39, 0.29) is 17.5 Å². The van der Waals surface area contributed by atoms with E-state index in [1.165, 1.54) is 0 Å². The molecule has 0 N–H and O–H groups in total. The summed E-state index contributed by atoms with van der Waals surface area (Å²) < 4.78 is 7.07. The standard InChI is InChI=1S/C19H23N3O3S/c1-12-8-16(13(2)25-12)19(24)21-6-3-4-15(21)10-22-18(23)9-14-11-26-7-5-17(14)20-22/h8-9,15H,3-7,10-11H2,1-2H3. The second-order valence-electron chi connectivity index (χ2n) is 7.06. The molecule has 1 saturated heterocycles. The number of nitrogens with zero attached hydrogens (tertiary/aromatic N) is 3. The summed E-state index contributed by atoms with van der Waals surface area (Å²) in [6.45, 7) is 4.84. The molecule has 1 amide bonds. The molecule has 2 aromatic heterocycles. The van der Waals surface area contributed by atoms with Crippen molar-refractivity contribution < 1.29 is 9.21 Å². The van der Waals surface area contributed by atoms with Crippen LogP contribution in [0.2, 0.25) is 0 Å². The lowest BCUT2D eigenvalue weighted by Gasteiger charge is -2.25. The third-order valence-corrected chi connectivity index (χ3v) is 6.21. The Balaban J connectivity index is 1.57. The zero-order chi connectivity index (χ0) is 18.3. The van der Waals surface area contributed by atoms with Gasteiger partial charge in [0, 0.05) is 24.8 Å². The summed E-state index contributed by atoms with van der Waals surface area (Å²) >= 11 is 1.84. The molecule has 0 radical (unpaired) electrons. The number of rotatable bonds is 3. The number of carbonyl (C=O) groups is 1. The first-order chi connectivity index (χ1) is 12.5. The fourth-order valence-corrected chi connectivity index (χ4v) is 4.83. The fourth-order valence-electron chi connectivity index (χ4n) is 3.87. The van der Waals surface area contributed by atoms with Crippen LogP contribution >= 0.6 is 11.8 Å². The number of hydrogen-bond acceptors (Lipinski definition) is 5. The van der Waals surface area contributed by atoms with Crippen LogP contribution in [0.25, 0.3) is 0 Å². The van der Waals surface area contributed by atoms with Gasteiger partial charge < -0.3 is 9.32 Å². The zero-order valence-corrected chi connectivity index (χ0v) is 16.0. The summed E-state index contributed by atoms with van der Waals surface area (Å²) in [7, 11) is 0. The van der Waals surface area contributed by atoms with Gasteiger partial charge in [-0.15, -0.1) is 0 Å². The van der Waals surface area contributed by atoms with Gasteiger partial charge in [-0.2, -0.15) is 16.9 Å². The fraction of sp³-hybridized carbons (Fsp3) is 0.526. The molecule has 2 aliphatic heterocycles. The molecule has 0 bridgehead atoms. The minimum atomic E-state index is -0.0686. The van der Waals surface area contributed by atoms with Gasteiger partial charge in [-0.1, -0.05) is 0 Å². The number of aryl methyl sites for hydroxylation is 3. The summed E-state index contributed by atoms with van der Waals surface area (Å²) in [5, 5.41) is 4.60. The Morgan fingerprint density at radius 2 is 2.23 bits per heavy atom. The van der Waals surface area contributed by atoms with E-state index in [1.54, 1.807) is 16.8 Å². The van der Waals surface area contributed by atoms with Crippen molar-refractivity contribution >= 4 is 17.7 Å². The predicted molar refractivity (Wildman–Crippen MR) is 101 cm³/mol.